The molecule has 0 radical (unpaired) electrons. The lowest BCUT2D eigenvalue weighted by molar-refractivity contribution is -0.187. The average molecular weight is 218 g/mol. The molecule has 4 rings (SSSR count). The highest BCUT2D eigenvalue weighted by atomic mass is 16.6. The van der Waals surface area contributed by atoms with E-state index in [1.165, 1.54) is 0 Å². The Morgan fingerprint density at radius 1 is 0.750 bits per heavy atom. The molecule has 6 atom stereocenters. The molecule has 0 saturated carbocycles. The van der Waals surface area contributed by atoms with E-state index in [0.29, 0.717) is 0 Å². The minimum Gasteiger partial charge on any atom is -0.457 e. The largest absolute Gasteiger partial charge is 0.457 e. The number of carbonyl (C=O) groups excluding carboxylic acids is 2. The third-order valence-corrected chi connectivity index (χ3v) is 4.10. The molecule has 4 heteroatoms. The van der Waals surface area contributed by atoms with Crippen molar-refractivity contribution in [3.63, 3.8) is 0 Å². The number of hydrogen-bond acceptors (Lipinski definition) is 4. The topological polar surface area (TPSA) is 52.6 Å². The molecule has 4 nitrogen and oxygen atoms in total. The summed E-state index contributed by atoms with van der Waals surface area (Å²) in [5.41, 5.74) is 0. The van der Waals surface area contributed by atoms with E-state index in [9.17, 15) is 9.59 Å². The number of rotatable bonds is 0. The van der Waals surface area contributed by atoms with Crippen molar-refractivity contribution in [2.75, 3.05) is 0 Å². The lowest BCUT2D eigenvalue weighted by Gasteiger charge is -2.42. The summed E-state index contributed by atoms with van der Waals surface area (Å²) in [5.74, 6) is -0.731. The van der Waals surface area contributed by atoms with E-state index in [0.717, 1.165) is 0 Å². The van der Waals surface area contributed by atoms with Crippen LogP contribution in [-0.2, 0) is 19.1 Å². The summed E-state index contributed by atoms with van der Waals surface area (Å²) in [6, 6.07) is 0. The van der Waals surface area contributed by atoms with E-state index in [1.54, 1.807) is 12.2 Å². The van der Waals surface area contributed by atoms with Crippen LogP contribution in [0.3, 0.4) is 0 Å². The molecule has 0 bridgehead atoms. The molecule has 2 fully saturated rings. The molecule has 0 spiro atoms. The zero-order chi connectivity index (χ0) is 10.9. The smallest absolute Gasteiger partial charge is 0.313 e. The van der Waals surface area contributed by atoms with Gasteiger partial charge < -0.3 is 9.47 Å². The molecule has 2 aliphatic heterocycles. The molecule has 0 aromatic heterocycles. The van der Waals surface area contributed by atoms with Gasteiger partial charge in [0.2, 0.25) is 0 Å². The molecule has 0 amide bonds. The Morgan fingerprint density at radius 2 is 1.25 bits per heavy atom. The molecular weight excluding hydrogens is 208 g/mol. The minimum absolute atomic E-state index is 0.0486. The summed E-state index contributed by atoms with van der Waals surface area (Å²) in [6.07, 6.45) is 6.89. The van der Waals surface area contributed by atoms with Gasteiger partial charge in [-0.15, -0.1) is 0 Å². The Labute approximate surface area is 91.9 Å². The fraction of sp³-hybridized carbons (Fsp3) is 0.500. The van der Waals surface area contributed by atoms with Crippen LogP contribution in [0.25, 0.3) is 0 Å². The molecule has 2 saturated heterocycles. The van der Waals surface area contributed by atoms with Crippen molar-refractivity contribution in [1.29, 1.82) is 0 Å². The first kappa shape index (κ1) is 8.56. The highest BCUT2D eigenvalue weighted by Crippen LogP contribution is 2.50. The van der Waals surface area contributed by atoms with Gasteiger partial charge in [0, 0.05) is 11.8 Å². The first-order chi connectivity index (χ1) is 7.75. The SMILES string of the molecule is O=C1O[C@@H]2C=C[C@@H]3OC(=O)[C@@H]4C=C[C@H]1C4C32. The van der Waals surface area contributed by atoms with Crippen molar-refractivity contribution in [2.24, 2.45) is 23.7 Å². The molecule has 2 heterocycles. The standard InChI is InChI=1S/C12H10O4/c13-11-5-1-2-6-9(5)10-7(15-11)3-4-8(10)16-12(6)14/h1-10H/t5-,6+,7+,8-,9?,10?. The summed E-state index contributed by atoms with van der Waals surface area (Å²) in [7, 11) is 0. The van der Waals surface area contributed by atoms with Crippen LogP contribution in [-0.4, -0.2) is 24.1 Å². The van der Waals surface area contributed by atoms with Gasteiger partial charge in [-0.05, 0) is 12.2 Å². The maximum absolute atomic E-state index is 11.7. The molecule has 2 aliphatic carbocycles. The van der Waals surface area contributed by atoms with Crippen LogP contribution in [0.1, 0.15) is 0 Å². The zero-order valence-electron chi connectivity index (χ0n) is 8.41. The van der Waals surface area contributed by atoms with Crippen LogP contribution in [0.2, 0.25) is 0 Å². The van der Waals surface area contributed by atoms with Gasteiger partial charge in [-0.1, -0.05) is 12.2 Å². The summed E-state index contributed by atoms with van der Waals surface area (Å²) < 4.78 is 10.7. The number of hydrogen-bond donors (Lipinski definition) is 0. The van der Waals surface area contributed by atoms with Gasteiger partial charge in [0.25, 0.3) is 0 Å². The molecule has 0 aromatic rings. The third-order valence-electron chi connectivity index (χ3n) is 4.10. The van der Waals surface area contributed by atoms with E-state index >= 15 is 0 Å². The van der Waals surface area contributed by atoms with Gasteiger partial charge in [-0.2, -0.15) is 0 Å². The summed E-state index contributed by atoms with van der Waals surface area (Å²) in [6.45, 7) is 0. The lowest BCUT2D eigenvalue weighted by atomic mass is 9.71. The van der Waals surface area contributed by atoms with E-state index < -0.39 is 0 Å². The Kier molecular flexibility index (Phi) is 1.37. The maximum atomic E-state index is 11.7. The summed E-state index contributed by atoms with van der Waals surface area (Å²) >= 11 is 0. The fourth-order valence-corrected chi connectivity index (χ4v) is 3.43. The van der Waals surface area contributed by atoms with E-state index in [1.807, 2.05) is 12.2 Å². The second-order valence-electron chi connectivity index (χ2n) is 4.78. The van der Waals surface area contributed by atoms with Crippen LogP contribution in [0.5, 0.6) is 0 Å². The van der Waals surface area contributed by atoms with Gasteiger partial charge in [-0.3, -0.25) is 9.59 Å². The van der Waals surface area contributed by atoms with Crippen molar-refractivity contribution in [3.05, 3.63) is 24.3 Å². The molecule has 4 aliphatic rings. The Bertz CT molecular complexity index is 412. The van der Waals surface area contributed by atoms with Gasteiger partial charge in [0.1, 0.15) is 12.2 Å². The first-order valence-electron chi connectivity index (χ1n) is 5.53. The number of ether oxygens (including phenoxy) is 2. The average Bonchev–Trinajstić information content (AvgIpc) is 2.81. The highest BCUT2D eigenvalue weighted by Gasteiger charge is 2.59. The summed E-state index contributed by atoms with van der Waals surface area (Å²) in [4.78, 5) is 23.5. The first-order valence-corrected chi connectivity index (χ1v) is 5.53. The molecule has 16 heavy (non-hydrogen) atoms. The third kappa shape index (κ3) is 0.821. The monoisotopic (exact) mass is 218 g/mol. The van der Waals surface area contributed by atoms with Crippen molar-refractivity contribution in [1.82, 2.24) is 0 Å². The van der Waals surface area contributed by atoms with E-state index in [-0.39, 0.29) is 47.8 Å². The highest BCUT2D eigenvalue weighted by molar-refractivity contribution is 5.84. The van der Waals surface area contributed by atoms with Crippen molar-refractivity contribution in [3.8, 4) is 0 Å². The van der Waals surface area contributed by atoms with Crippen molar-refractivity contribution < 1.29 is 19.1 Å². The molecule has 0 aromatic carbocycles. The Hall–Kier alpha value is -1.58. The molecule has 2 unspecified atom stereocenters. The Morgan fingerprint density at radius 3 is 1.75 bits per heavy atom. The predicted molar refractivity (Wildman–Crippen MR) is 52.0 cm³/mol. The molecule has 82 valence electrons. The normalized spacial score (nSPS) is 51.2. The maximum Gasteiger partial charge on any atom is 0.313 e. The quantitative estimate of drug-likeness (QED) is 0.437. The van der Waals surface area contributed by atoms with Gasteiger partial charge in [-0.25, -0.2) is 0 Å². The van der Waals surface area contributed by atoms with Gasteiger partial charge in [0.05, 0.1) is 11.8 Å². The molecular formula is C12H10O4. The van der Waals surface area contributed by atoms with Crippen LogP contribution < -0.4 is 0 Å². The zero-order valence-corrected chi connectivity index (χ0v) is 8.41. The second kappa shape index (κ2) is 2.56. The number of carbonyl (C=O) groups is 2. The second-order valence-corrected chi connectivity index (χ2v) is 4.78. The number of esters is 2. The van der Waals surface area contributed by atoms with E-state index in [2.05, 4.69) is 0 Å². The minimum atomic E-state index is -0.249. The van der Waals surface area contributed by atoms with Crippen molar-refractivity contribution in [2.45, 2.75) is 12.2 Å². The van der Waals surface area contributed by atoms with Crippen LogP contribution in [0.4, 0.5) is 0 Å². The van der Waals surface area contributed by atoms with Crippen LogP contribution in [0.15, 0.2) is 24.3 Å². The van der Waals surface area contributed by atoms with Gasteiger partial charge >= 0.3 is 11.9 Å². The predicted octanol–water partition coefficient (Wildman–Crippen LogP) is 0.442. The molecule has 0 N–H and O–H groups in total. The van der Waals surface area contributed by atoms with Crippen molar-refractivity contribution >= 4 is 11.9 Å². The summed E-state index contributed by atoms with van der Waals surface area (Å²) in [5, 5.41) is 0. The lowest BCUT2D eigenvalue weighted by Crippen LogP contribution is -2.52. The van der Waals surface area contributed by atoms with Crippen LogP contribution >= 0.6 is 0 Å². The Balaban J connectivity index is 1.83. The van der Waals surface area contributed by atoms with E-state index in [4.69, 9.17) is 9.47 Å². The van der Waals surface area contributed by atoms with Gasteiger partial charge in [0.15, 0.2) is 0 Å². The fourth-order valence-electron chi connectivity index (χ4n) is 3.43. The van der Waals surface area contributed by atoms with Crippen LogP contribution in [0, 0.1) is 23.7 Å².